The van der Waals surface area contributed by atoms with Crippen LogP contribution in [0.1, 0.15) is 23.3 Å². The standard InChI is InChI=1S/C11H12BrN3O2/c12-8-1-2-10(13-7-8)11(16)15-5-3-9(14-17)4-6-15/h1-2,7,17H,3-6H2. The molecule has 17 heavy (non-hydrogen) atoms. The second-order valence-electron chi connectivity index (χ2n) is 3.82. The van der Waals surface area contributed by atoms with Gasteiger partial charge in [0.05, 0.1) is 5.71 Å². The van der Waals surface area contributed by atoms with Gasteiger partial charge in [0.25, 0.3) is 5.91 Å². The molecule has 0 atom stereocenters. The number of hydrogen-bond acceptors (Lipinski definition) is 4. The van der Waals surface area contributed by atoms with Crippen molar-refractivity contribution in [3.05, 3.63) is 28.5 Å². The van der Waals surface area contributed by atoms with E-state index in [-0.39, 0.29) is 5.91 Å². The first-order valence-corrected chi connectivity index (χ1v) is 6.10. The fourth-order valence-electron chi connectivity index (χ4n) is 1.73. The molecule has 0 unspecified atom stereocenters. The summed E-state index contributed by atoms with van der Waals surface area (Å²) >= 11 is 3.28. The minimum Gasteiger partial charge on any atom is -0.411 e. The van der Waals surface area contributed by atoms with Crippen molar-refractivity contribution in [3.63, 3.8) is 0 Å². The number of hydrogen-bond donors (Lipinski definition) is 1. The highest BCUT2D eigenvalue weighted by atomic mass is 79.9. The highest BCUT2D eigenvalue weighted by Gasteiger charge is 2.21. The summed E-state index contributed by atoms with van der Waals surface area (Å²) < 4.78 is 0.849. The number of aromatic nitrogens is 1. The number of amides is 1. The van der Waals surface area contributed by atoms with E-state index in [4.69, 9.17) is 5.21 Å². The summed E-state index contributed by atoms with van der Waals surface area (Å²) in [7, 11) is 0. The molecule has 1 aromatic rings. The smallest absolute Gasteiger partial charge is 0.272 e. The number of piperidine rings is 1. The predicted molar refractivity (Wildman–Crippen MR) is 66.3 cm³/mol. The van der Waals surface area contributed by atoms with Crippen LogP contribution in [0.3, 0.4) is 0 Å². The molecular formula is C11H12BrN3O2. The van der Waals surface area contributed by atoms with Crippen LogP contribution in [0.2, 0.25) is 0 Å². The van der Waals surface area contributed by atoms with Crippen molar-refractivity contribution in [1.29, 1.82) is 0 Å². The Bertz CT molecular complexity index is 435. The van der Waals surface area contributed by atoms with Crippen LogP contribution in [0, 0.1) is 0 Å². The van der Waals surface area contributed by atoms with Crippen molar-refractivity contribution in [3.8, 4) is 0 Å². The van der Waals surface area contributed by atoms with Gasteiger partial charge in [-0.05, 0) is 28.1 Å². The molecule has 0 radical (unpaired) electrons. The van der Waals surface area contributed by atoms with E-state index in [2.05, 4.69) is 26.1 Å². The number of oxime groups is 1. The van der Waals surface area contributed by atoms with Crippen LogP contribution in [0.25, 0.3) is 0 Å². The molecule has 1 aromatic heterocycles. The van der Waals surface area contributed by atoms with E-state index < -0.39 is 0 Å². The molecule has 0 spiro atoms. The number of pyridine rings is 1. The number of halogens is 1. The van der Waals surface area contributed by atoms with Crippen molar-refractivity contribution < 1.29 is 10.0 Å². The van der Waals surface area contributed by atoms with Gasteiger partial charge in [-0.3, -0.25) is 4.79 Å². The Morgan fingerprint density at radius 3 is 2.65 bits per heavy atom. The van der Waals surface area contributed by atoms with Crippen LogP contribution < -0.4 is 0 Å². The lowest BCUT2D eigenvalue weighted by Crippen LogP contribution is -2.39. The van der Waals surface area contributed by atoms with Crippen molar-refractivity contribution in [2.75, 3.05) is 13.1 Å². The first kappa shape index (κ1) is 12.0. The molecule has 5 nitrogen and oxygen atoms in total. The van der Waals surface area contributed by atoms with Gasteiger partial charge >= 0.3 is 0 Å². The Kier molecular flexibility index (Phi) is 3.73. The van der Waals surface area contributed by atoms with Gasteiger partial charge in [0.2, 0.25) is 0 Å². The lowest BCUT2D eigenvalue weighted by molar-refractivity contribution is 0.0748. The van der Waals surface area contributed by atoms with E-state index in [1.165, 1.54) is 0 Å². The molecule has 2 rings (SSSR count). The van der Waals surface area contributed by atoms with Crippen LogP contribution in [0.5, 0.6) is 0 Å². The number of carbonyl (C=O) groups is 1. The Balaban J connectivity index is 2.04. The summed E-state index contributed by atoms with van der Waals surface area (Å²) in [6, 6.07) is 3.49. The van der Waals surface area contributed by atoms with Gasteiger partial charge in [-0.1, -0.05) is 5.16 Å². The van der Waals surface area contributed by atoms with Crippen LogP contribution in [-0.4, -0.2) is 39.8 Å². The first-order valence-electron chi connectivity index (χ1n) is 5.31. The van der Waals surface area contributed by atoms with E-state index in [0.717, 1.165) is 10.2 Å². The number of rotatable bonds is 1. The number of likely N-dealkylation sites (tertiary alicyclic amines) is 1. The molecule has 1 N–H and O–H groups in total. The quantitative estimate of drug-likeness (QED) is 0.636. The Labute approximate surface area is 107 Å². The summed E-state index contributed by atoms with van der Waals surface area (Å²) in [5, 5.41) is 11.8. The van der Waals surface area contributed by atoms with Crippen molar-refractivity contribution >= 4 is 27.5 Å². The van der Waals surface area contributed by atoms with E-state index in [0.29, 0.717) is 31.6 Å². The highest BCUT2D eigenvalue weighted by molar-refractivity contribution is 9.10. The molecule has 1 amide bonds. The molecule has 0 aromatic carbocycles. The summed E-state index contributed by atoms with van der Waals surface area (Å²) in [5.74, 6) is -0.0745. The van der Waals surface area contributed by atoms with Gasteiger partial charge < -0.3 is 10.1 Å². The third kappa shape index (κ3) is 2.82. The first-order chi connectivity index (χ1) is 8.20. The van der Waals surface area contributed by atoms with Gasteiger partial charge in [-0.15, -0.1) is 0 Å². The Hall–Kier alpha value is -1.43. The summed E-state index contributed by atoms with van der Waals surface area (Å²) in [6.07, 6.45) is 2.86. The molecule has 0 aliphatic carbocycles. The van der Waals surface area contributed by atoms with Crippen LogP contribution in [0.15, 0.2) is 28.0 Å². The van der Waals surface area contributed by atoms with Gasteiger partial charge in [0.15, 0.2) is 0 Å². The van der Waals surface area contributed by atoms with E-state index >= 15 is 0 Å². The minimum absolute atomic E-state index is 0.0745. The SMILES string of the molecule is O=C(c1ccc(Br)cn1)N1CCC(=NO)CC1. The highest BCUT2D eigenvalue weighted by Crippen LogP contribution is 2.13. The van der Waals surface area contributed by atoms with Crippen molar-refractivity contribution in [2.24, 2.45) is 5.16 Å². The zero-order chi connectivity index (χ0) is 12.3. The molecule has 90 valence electrons. The molecule has 0 saturated carbocycles. The molecule has 1 fully saturated rings. The largest absolute Gasteiger partial charge is 0.411 e. The fourth-order valence-corrected chi connectivity index (χ4v) is 1.97. The zero-order valence-electron chi connectivity index (χ0n) is 9.14. The van der Waals surface area contributed by atoms with Crippen LogP contribution in [-0.2, 0) is 0 Å². The molecule has 1 saturated heterocycles. The Morgan fingerprint density at radius 1 is 1.41 bits per heavy atom. The number of carbonyl (C=O) groups excluding carboxylic acids is 1. The topological polar surface area (TPSA) is 65.8 Å². The Morgan fingerprint density at radius 2 is 2.12 bits per heavy atom. The molecule has 0 bridgehead atoms. The summed E-state index contributed by atoms with van der Waals surface area (Å²) in [6.45, 7) is 1.16. The molecule has 1 aliphatic rings. The van der Waals surface area contributed by atoms with E-state index in [1.54, 1.807) is 23.2 Å². The summed E-state index contributed by atoms with van der Waals surface area (Å²) in [5.41, 5.74) is 1.19. The third-order valence-electron chi connectivity index (χ3n) is 2.72. The second-order valence-corrected chi connectivity index (χ2v) is 4.74. The maximum absolute atomic E-state index is 12.1. The summed E-state index contributed by atoms with van der Waals surface area (Å²) in [4.78, 5) is 17.9. The zero-order valence-corrected chi connectivity index (χ0v) is 10.7. The normalized spacial score (nSPS) is 15.8. The van der Waals surface area contributed by atoms with Gasteiger partial charge in [0, 0.05) is 36.6 Å². The number of nitrogens with zero attached hydrogens (tertiary/aromatic N) is 3. The van der Waals surface area contributed by atoms with Crippen molar-refractivity contribution in [1.82, 2.24) is 9.88 Å². The molecule has 6 heteroatoms. The third-order valence-corrected chi connectivity index (χ3v) is 3.18. The predicted octanol–water partition coefficient (Wildman–Crippen LogP) is 1.91. The van der Waals surface area contributed by atoms with Gasteiger partial charge in [0.1, 0.15) is 5.69 Å². The average Bonchev–Trinajstić information content (AvgIpc) is 2.39. The second kappa shape index (κ2) is 5.27. The maximum atomic E-state index is 12.1. The van der Waals surface area contributed by atoms with E-state index in [1.807, 2.05) is 0 Å². The van der Waals surface area contributed by atoms with Crippen molar-refractivity contribution in [2.45, 2.75) is 12.8 Å². The minimum atomic E-state index is -0.0745. The lowest BCUT2D eigenvalue weighted by atomic mass is 10.1. The molecule has 2 heterocycles. The molecular weight excluding hydrogens is 286 g/mol. The monoisotopic (exact) mass is 297 g/mol. The van der Waals surface area contributed by atoms with Gasteiger partial charge in [-0.25, -0.2) is 4.98 Å². The molecule has 1 aliphatic heterocycles. The van der Waals surface area contributed by atoms with Gasteiger partial charge in [-0.2, -0.15) is 0 Å². The average molecular weight is 298 g/mol. The van der Waals surface area contributed by atoms with E-state index in [9.17, 15) is 4.79 Å². The van der Waals surface area contributed by atoms with Crippen LogP contribution >= 0.6 is 15.9 Å². The van der Waals surface area contributed by atoms with Crippen LogP contribution in [0.4, 0.5) is 0 Å². The maximum Gasteiger partial charge on any atom is 0.272 e. The lowest BCUT2D eigenvalue weighted by Gasteiger charge is -2.26. The fraction of sp³-hybridized carbons (Fsp3) is 0.364.